The van der Waals surface area contributed by atoms with Crippen LogP contribution in [0, 0.1) is 0 Å². The van der Waals surface area contributed by atoms with Gasteiger partial charge in [-0.1, -0.05) is 24.3 Å². The van der Waals surface area contributed by atoms with E-state index < -0.39 is 17.7 Å². The summed E-state index contributed by atoms with van der Waals surface area (Å²) in [5.74, 6) is -2.15. The number of para-hydroxylation sites is 1. The highest BCUT2D eigenvalue weighted by Crippen LogP contribution is 2.16. The maximum absolute atomic E-state index is 12.2. The number of primary amides is 2. The molecule has 8 N–H and O–H groups in total. The SMILES string of the molecule is NC(=O)c1cccc(C(=O)NC/C=C/CNC(=O)c2cccc(C(N)=O)c2N)c1. The summed E-state index contributed by atoms with van der Waals surface area (Å²) in [4.78, 5) is 46.7. The van der Waals surface area contributed by atoms with Gasteiger partial charge in [0.25, 0.3) is 17.7 Å². The Morgan fingerprint density at radius 1 is 0.759 bits per heavy atom. The maximum Gasteiger partial charge on any atom is 0.253 e. The van der Waals surface area contributed by atoms with Gasteiger partial charge in [-0.25, -0.2) is 0 Å². The van der Waals surface area contributed by atoms with Crippen LogP contribution in [0.1, 0.15) is 41.4 Å². The molecule has 29 heavy (non-hydrogen) atoms. The Morgan fingerprint density at radius 2 is 1.31 bits per heavy atom. The summed E-state index contributed by atoms with van der Waals surface area (Å²) in [6, 6.07) is 10.5. The monoisotopic (exact) mass is 395 g/mol. The fraction of sp³-hybridized carbons (Fsp3) is 0.100. The van der Waals surface area contributed by atoms with Gasteiger partial charge in [0.15, 0.2) is 0 Å². The van der Waals surface area contributed by atoms with Crippen LogP contribution in [0.3, 0.4) is 0 Å². The van der Waals surface area contributed by atoms with Crippen molar-refractivity contribution in [2.75, 3.05) is 18.8 Å². The summed E-state index contributed by atoms with van der Waals surface area (Å²) in [5, 5.41) is 5.28. The fourth-order valence-electron chi connectivity index (χ4n) is 2.46. The minimum absolute atomic E-state index is 0.0203. The highest BCUT2D eigenvalue weighted by Gasteiger charge is 2.14. The van der Waals surface area contributed by atoms with E-state index in [9.17, 15) is 19.2 Å². The molecule has 0 saturated carbocycles. The van der Waals surface area contributed by atoms with E-state index in [0.29, 0.717) is 5.56 Å². The molecule has 9 nitrogen and oxygen atoms in total. The first kappa shape index (κ1) is 21.2. The molecule has 0 aliphatic heterocycles. The number of rotatable bonds is 8. The first-order valence-corrected chi connectivity index (χ1v) is 8.60. The van der Waals surface area contributed by atoms with Crippen molar-refractivity contribution in [1.82, 2.24) is 10.6 Å². The second-order valence-corrected chi connectivity index (χ2v) is 5.97. The van der Waals surface area contributed by atoms with E-state index in [4.69, 9.17) is 17.2 Å². The van der Waals surface area contributed by atoms with E-state index in [1.807, 2.05) is 0 Å². The number of carbonyl (C=O) groups is 4. The van der Waals surface area contributed by atoms with E-state index in [0.717, 1.165) is 0 Å². The van der Waals surface area contributed by atoms with Crippen LogP contribution in [-0.2, 0) is 0 Å². The third-order valence-electron chi connectivity index (χ3n) is 3.95. The molecular formula is C20H21N5O4. The Hall–Kier alpha value is -4.14. The smallest absolute Gasteiger partial charge is 0.253 e. The standard InChI is InChI=1S/C20H21N5O4/c21-16-14(18(23)27)7-4-8-15(16)20(29)25-10-2-1-9-24-19(28)13-6-3-5-12(11-13)17(22)26/h1-8,11H,9-10,21H2,(H2,22,26)(H2,23,27)(H,24,28)(H,25,29)/b2-1+. The number of carbonyl (C=O) groups excluding carboxylic acids is 4. The van der Waals surface area contributed by atoms with Crippen molar-refractivity contribution in [3.8, 4) is 0 Å². The van der Waals surface area contributed by atoms with Crippen LogP contribution in [-0.4, -0.2) is 36.7 Å². The summed E-state index contributed by atoms with van der Waals surface area (Å²) in [5.41, 5.74) is 17.0. The number of anilines is 1. The van der Waals surface area contributed by atoms with Crippen molar-refractivity contribution in [1.29, 1.82) is 0 Å². The number of amides is 4. The minimum Gasteiger partial charge on any atom is -0.397 e. The van der Waals surface area contributed by atoms with Gasteiger partial charge in [-0.2, -0.15) is 0 Å². The van der Waals surface area contributed by atoms with Gasteiger partial charge in [0.1, 0.15) is 0 Å². The molecule has 0 aliphatic carbocycles. The van der Waals surface area contributed by atoms with Gasteiger partial charge in [-0.05, 0) is 30.3 Å². The Bertz CT molecular complexity index is 985. The van der Waals surface area contributed by atoms with Gasteiger partial charge in [-0.15, -0.1) is 0 Å². The third-order valence-corrected chi connectivity index (χ3v) is 3.95. The molecule has 150 valence electrons. The summed E-state index contributed by atoms with van der Waals surface area (Å²) < 4.78 is 0. The van der Waals surface area contributed by atoms with Crippen LogP contribution in [0.25, 0.3) is 0 Å². The first-order valence-electron chi connectivity index (χ1n) is 8.60. The zero-order valence-corrected chi connectivity index (χ0v) is 15.5. The molecule has 9 heteroatoms. The normalized spacial score (nSPS) is 10.5. The lowest BCUT2D eigenvalue weighted by Gasteiger charge is -2.08. The van der Waals surface area contributed by atoms with Crippen molar-refractivity contribution in [2.45, 2.75) is 0 Å². The summed E-state index contributed by atoms with van der Waals surface area (Å²) in [6.45, 7) is 0.404. The molecule has 2 aromatic rings. The zero-order valence-electron chi connectivity index (χ0n) is 15.5. The van der Waals surface area contributed by atoms with E-state index >= 15 is 0 Å². The highest BCUT2D eigenvalue weighted by atomic mass is 16.2. The largest absolute Gasteiger partial charge is 0.397 e. The molecule has 2 rings (SSSR count). The van der Waals surface area contributed by atoms with E-state index in [-0.39, 0.29) is 41.4 Å². The van der Waals surface area contributed by atoms with E-state index in [2.05, 4.69) is 10.6 Å². The van der Waals surface area contributed by atoms with Crippen molar-refractivity contribution in [2.24, 2.45) is 11.5 Å². The zero-order chi connectivity index (χ0) is 21.4. The molecule has 0 heterocycles. The van der Waals surface area contributed by atoms with E-state index in [1.165, 1.54) is 30.3 Å². The summed E-state index contributed by atoms with van der Waals surface area (Å²) in [7, 11) is 0. The van der Waals surface area contributed by atoms with Crippen molar-refractivity contribution < 1.29 is 19.2 Å². The second-order valence-electron chi connectivity index (χ2n) is 5.97. The summed E-state index contributed by atoms with van der Waals surface area (Å²) in [6.07, 6.45) is 3.30. The molecule has 0 fully saturated rings. The molecule has 0 spiro atoms. The number of benzene rings is 2. The lowest BCUT2D eigenvalue weighted by Crippen LogP contribution is -2.26. The van der Waals surface area contributed by atoms with Crippen LogP contribution in [0.15, 0.2) is 54.6 Å². The minimum atomic E-state index is -0.714. The average Bonchev–Trinajstić information content (AvgIpc) is 2.70. The third kappa shape index (κ3) is 5.67. The number of nitrogens with one attached hydrogen (secondary N) is 2. The maximum atomic E-state index is 12.2. The predicted molar refractivity (Wildman–Crippen MR) is 108 cm³/mol. The van der Waals surface area contributed by atoms with Crippen molar-refractivity contribution in [3.63, 3.8) is 0 Å². The molecule has 0 aromatic heterocycles. The number of hydrogen-bond acceptors (Lipinski definition) is 5. The lowest BCUT2D eigenvalue weighted by atomic mass is 10.1. The molecular weight excluding hydrogens is 374 g/mol. The van der Waals surface area contributed by atoms with Crippen molar-refractivity contribution >= 4 is 29.3 Å². The fourth-order valence-corrected chi connectivity index (χ4v) is 2.46. The highest BCUT2D eigenvalue weighted by molar-refractivity contribution is 6.06. The number of nitrogen functional groups attached to an aromatic ring is 1. The van der Waals surface area contributed by atoms with Crippen LogP contribution in [0.5, 0.6) is 0 Å². The molecule has 0 unspecified atom stereocenters. The van der Waals surface area contributed by atoms with Crippen LogP contribution in [0.4, 0.5) is 5.69 Å². The molecule has 2 aromatic carbocycles. The number of nitrogens with two attached hydrogens (primary N) is 3. The van der Waals surface area contributed by atoms with Crippen LogP contribution < -0.4 is 27.8 Å². The van der Waals surface area contributed by atoms with Gasteiger partial charge in [0, 0.05) is 24.2 Å². The van der Waals surface area contributed by atoms with Gasteiger partial charge < -0.3 is 27.8 Å². The Labute approximate surface area is 166 Å². The van der Waals surface area contributed by atoms with Gasteiger partial charge in [0.05, 0.1) is 16.8 Å². The Balaban J connectivity index is 1.83. The Morgan fingerprint density at radius 3 is 1.93 bits per heavy atom. The first-order chi connectivity index (χ1) is 13.8. The Kier molecular flexibility index (Phi) is 7.08. The molecule has 0 aliphatic rings. The second kappa shape index (κ2) is 9.70. The molecule has 0 atom stereocenters. The molecule has 0 radical (unpaired) electrons. The molecule has 0 saturated heterocycles. The predicted octanol–water partition coefficient (Wildman–Crippen LogP) is 0.183. The van der Waals surface area contributed by atoms with E-state index in [1.54, 1.807) is 24.3 Å². The van der Waals surface area contributed by atoms with Crippen molar-refractivity contribution in [3.05, 3.63) is 76.9 Å². The quantitative estimate of drug-likeness (QED) is 0.316. The van der Waals surface area contributed by atoms with Gasteiger partial charge >= 0.3 is 0 Å². The van der Waals surface area contributed by atoms with Gasteiger partial charge in [0.2, 0.25) is 5.91 Å². The number of hydrogen-bond donors (Lipinski definition) is 5. The molecule has 4 amide bonds. The van der Waals surface area contributed by atoms with Crippen LogP contribution in [0.2, 0.25) is 0 Å². The van der Waals surface area contributed by atoms with Gasteiger partial charge in [-0.3, -0.25) is 19.2 Å². The topological polar surface area (TPSA) is 170 Å². The molecule has 0 bridgehead atoms. The van der Waals surface area contributed by atoms with Crippen LogP contribution >= 0.6 is 0 Å². The average molecular weight is 395 g/mol. The lowest BCUT2D eigenvalue weighted by molar-refractivity contribution is 0.0948. The summed E-state index contributed by atoms with van der Waals surface area (Å²) >= 11 is 0.